The third-order valence-electron chi connectivity index (χ3n) is 5.31. The zero-order valence-electron chi connectivity index (χ0n) is 16.9. The van der Waals surface area contributed by atoms with Gasteiger partial charge in [0.25, 0.3) is 0 Å². The van der Waals surface area contributed by atoms with Crippen molar-refractivity contribution >= 4 is 41.6 Å². The number of likely N-dealkylation sites (tertiary alicyclic amines) is 1. The standard InChI is InChI=1S/C20H21F3N4O2SSe/c1-26-11-13(8-9-19(21,22)23)20(17(26)28,31-14-6-4-3-5-7-14)15-10-24-18-27(15)25-16(30-18)12-29-2/h3-7,10,13H,8-9,11-12H2,1-2H3. The maximum absolute atomic E-state index is 13.6. The molecule has 2 atom stereocenters. The fourth-order valence-electron chi connectivity index (χ4n) is 3.97. The van der Waals surface area contributed by atoms with Crippen LogP contribution in [-0.4, -0.2) is 67.2 Å². The summed E-state index contributed by atoms with van der Waals surface area (Å²) in [7, 11) is 3.22. The van der Waals surface area contributed by atoms with E-state index in [0.29, 0.717) is 22.3 Å². The Labute approximate surface area is 187 Å². The van der Waals surface area contributed by atoms with E-state index in [2.05, 4.69) is 10.1 Å². The number of nitrogens with zero attached hydrogens (tertiary/aromatic N) is 4. The first-order valence-electron chi connectivity index (χ1n) is 9.64. The summed E-state index contributed by atoms with van der Waals surface area (Å²) in [6.45, 7) is 0.571. The van der Waals surface area contributed by atoms with E-state index in [9.17, 15) is 18.0 Å². The Morgan fingerprint density at radius 1 is 1.32 bits per heavy atom. The zero-order chi connectivity index (χ0) is 22.2. The molecule has 11 heteroatoms. The number of hydrogen-bond acceptors (Lipinski definition) is 5. The van der Waals surface area contributed by atoms with Gasteiger partial charge in [0.2, 0.25) is 0 Å². The molecule has 0 aliphatic carbocycles. The van der Waals surface area contributed by atoms with Crippen molar-refractivity contribution in [2.45, 2.75) is 29.9 Å². The van der Waals surface area contributed by atoms with Gasteiger partial charge in [-0.1, -0.05) is 0 Å². The van der Waals surface area contributed by atoms with Crippen molar-refractivity contribution in [1.29, 1.82) is 0 Å². The average Bonchev–Trinajstić information content (AvgIpc) is 3.35. The maximum atomic E-state index is 13.6. The summed E-state index contributed by atoms with van der Waals surface area (Å²) < 4.78 is 46.0. The van der Waals surface area contributed by atoms with Gasteiger partial charge in [0.05, 0.1) is 0 Å². The minimum absolute atomic E-state index is 0.129. The van der Waals surface area contributed by atoms with Crippen molar-refractivity contribution in [3.63, 3.8) is 0 Å². The predicted octanol–water partition coefficient (Wildman–Crippen LogP) is 2.59. The first-order chi connectivity index (χ1) is 14.7. The van der Waals surface area contributed by atoms with Crippen LogP contribution in [0.1, 0.15) is 23.5 Å². The average molecular weight is 517 g/mol. The van der Waals surface area contributed by atoms with Crippen LogP contribution in [0.25, 0.3) is 4.96 Å². The molecule has 1 aliphatic rings. The number of imidazole rings is 1. The van der Waals surface area contributed by atoms with E-state index < -0.39 is 37.8 Å². The molecule has 0 radical (unpaired) electrons. The number of alkyl halides is 3. The molecule has 1 amide bonds. The van der Waals surface area contributed by atoms with Crippen LogP contribution in [-0.2, 0) is 20.5 Å². The Hall–Kier alpha value is -1.94. The van der Waals surface area contributed by atoms with Crippen LogP contribution in [0, 0.1) is 5.92 Å². The van der Waals surface area contributed by atoms with Crippen LogP contribution in [0.15, 0.2) is 36.5 Å². The molecule has 0 bridgehead atoms. The van der Waals surface area contributed by atoms with Crippen LogP contribution in [0.2, 0.25) is 0 Å². The molecule has 0 spiro atoms. The van der Waals surface area contributed by atoms with E-state index in [4.69, 9.17) is 4.74 Å². The van der Waals surface area contributed by atoms with Crippen LogP contribution < -0.4 is 4.46 Å². The molecule has 2 unspecified atom stereocenters. The second kappa shape index (κ2) is 8.54. The molecule has 4 rings (SSSR count). The topological polar surface area (TPSA) is 59.7 Å². The molecule has 1 saturated heterocycles. The summed E-state index contributed by atoms with van der Waals surface area (Å²) in [6.07, 6.45) is -3.73. The van der Waals surface area contributed by atoms with Crippen LogP contribution in [0.3, 0.4) is 0 Å². The Bertz CT molecular complexity index is 1070. The number of ether oxygens (including phenoxy) is 1. The van der Waals surface area contributed by atoms with E-state index in [-0.39, 0.29) is 18.9 Å². The predicted molar refractivity (Wildman–Crippen MR) is 112 cm³/mol. The van der Waals surface area contributed by atoms with Crippen LogP contribution in [0.4, 0.5) is 13.2 Å². The number of amides is 1. The molecule has 1 aromatic carbocycles. The Kier molecular flexibility index (Phi) is 6.13. The summed E-state index contributed by atoms with van der Waals surface area (Å²) in [5.41, 5.74) is 0.562. The van der Waals surface area contributed by atoms with Crippen molar-refractivity contribution in [1.82, 2.24) is 19.5 Å². The molecule has 1 fully saturated rings. The van der Waals surface area contributed by atoms with Crippen molar-refractivity contribution in [3.05, 3.63) is 47.2 Å². The summed E-state index contributed by atoms with van der Waals surface area (Å²) in [6, 6.07) is 9.48. The second-order valence-electron chi connectivity index (χ2n) is 7.45. The molecule has 3 heterocycles. The molecule has 0 saturated carbocycles. The van der Waals surface area contributed by atoms with Gasteiger partial charge in [0, 0.05) is 0 Å². The molecule has 0 N–H and O–H groups in total. The molecule has 6 nitrogen and oxygen atoms in total. The van der Waals surface area contributed by atoms with Gasteiger partial charge < -0.3 is 0 Å². The fraction of sp³-hybridized carbons (Fsp3) is 0.450. The molecule has 2 aromatic heterocycles. The first-order valence-corrected chi connectivity index (χ1v) is 12.2. The van der Waals surface area contributed by atoms with Crippen molar-refractivity contribution < 1.29 is 22.7 Å². The van der Waals surface area contributed by atoms with Gasteiger partial charge in [-0.05, 0) is 0 Å². The Morgan fingerprint density at radius 2 is 2.06 bits per heavy atom. The van der Waals surface area contributed by atoms with E-state index in [1.165, 1.54) is 11.3 Å². The first kappa shape index (κ1) is 22.3. The van der Waals surface area contributed by atoms with Crippen molar-refractivity contribution in [3.8, 4) is 0 Å². The summed E-state index contributed by atoms with van der Waals surface area (Å²) in [5.74, 6) is -0.675. The molecular formula is C20H21F3N4O2SSe. The fourth-order valence-corrected chi connectivity index (χ4v) is 7.98. The number of hydrogen-bond donors (Lipinski definition) is 0. The number of carbonyl (C=O) groups excluding carboxylic acids is 1. The van der Waals surface area contributed by atoms with Gasteiger partial charge in [-0.3, -0.25) is 0 Å². The van der Waals surface area contributed by atoms with Crippen molar-refractivity contribution in [2.75, 3.05) is 20.7 Å². The van der Waals surface area contributed by atoms with Crippen molar-refractivity contribution in [2.24, 2.45) is 5.92 Å². The number of aromatic nitrogens is 3. The molecule has 166 valence electrons. The van der Waals surface area contributed by atoms with Gasteiger partial charge >= 0.3 is 188 Å². The second-order valence-corrected chi connectivity index (χ2v) is 11.3. The normalized spacial score (nSPS) is 22.0. The van der Waals surface area contributed by atoms with Gasteiger partial charge in [0.1, 0.15) is 0 Å². The van der Waals surface area contributed by atoms with Gasteiger partial charge in [-0.15, -0.1) is 0 Å². The van der Waals surface area contributed by atoms with Gasteiger partial charge in [0.15, 0.2) is 0 Å². The number of likely N-dealkylation sites (N-methyl/N-ethyl adjacent to an activating group) is 1. The van der Waals surface area contributed by atoms with E-state index in [1.807, 2.05) is 30.3 Å². The number of fused-ring (bicyclic) bond motifs is 1. The van der Waals surface area contributed by atoms with E-state index in [1.54, 1.807) is 29.8 Å². The number of carbonyl (C=O) groups is 1. The van der Waals surface area contributed by atoms with Gasteiger partial charge in [-0.25, -0.2) is 0 Å². The third kappa shape index (κ3) is 4.24. The summed E-state index contributed by atoms with van der Waals surface area (Å²) >= 11 is 0.880. The van der Waals surface area contributed by atoms with Crippen LogP contribution >= 0.6 is 11.3 Å². The summed E-state index contributed by atoms with van der Waals surface area (Å²) in [4.78, 5) is 20.2. The third-order valence-corrected chi connectivity index (χ3v) is 9.45. The molecule has 3 aromatic rings. The van der Waals surface area contributed by atoms with E-state index >= 15 is 0 Å². The molecular weight excluding hydrogens is 496 g/mol. The van der Waals surface area contributed by atoms with E-state index in [0.717, 1.165) is 4.46 Å². The molecule has 1 aliphatic heterocycles. The van der Waals surface area contributed by atoms with Crippen LogP contribution in [0.5, 0.6) is 0 Å². The number of methoxy groups -OCH3 is 1. The molecule has 31 heavy (non-hydrogen) atoms. The minimum atomic E-state index is -4.28. The number of halogens is 3. The SMILES string of the molecule is COCc1nn2c(C3([Se]c4ccccc4)C(=O)N(C)CC3CCC(F)(F)F)cnc2s1. The number of rotatable bonds is 7. The zero-order valence-corrected chi connectivity index (χ0v) is 19.5. The quantitative estimate of drug-likeness (QED) is 0.453. The monoisotopic (exact) mass is 518 g/mol. The Balaban J connectivity index is 1.85. The van der Waals surface area contributed by atoms with Gasteiger partial charge in [-0.2, -0.15) is 0 Å². The number of benzene rings is 1. The summed E-state index contributed by atoms with van der Waals surface area (Å²) in [5, 5.41) is 5.26. The Morgan fingerprint density at radius 3 is 2.74 bits per heavy atom.